The van der Waals surface area contributed by atoms with Gasteiger partial charge in [-0.1, -0.05) is 0 Å². The van der Waals surface area contributed by atoms with E-state index in [1.807, 2.05) is 0 Å². The highest BCUT2D eigenvalue weighted by molar-refractivity contribution is 5.96. The third-order valence-electron chi connectivity index (χ3n) is 2.89. The predicted molar refractivity (Wildman–Crippen MR) is 72.3 cm³/mol. The van der Waals surface area contributed by atoms with Gasteiger partial charge in [0.25, 0.3) is 5.91 Å². The molecule has 0 aliphatic carbocycles. The molecule has 110 valence electrons. The van der Waals surface area contributed by atoms with Crippen LogP contribution in [0.4, 0.5) is 4.39 Å². The highest BCUT2D eigenvalue weighted by Crippen LogP contribution is 2.09. The van der Waals surface area contributed by atoms with E-state index in [9.17, 15) is 14.0 Å². The van der Waals surface area contributed by atoms with Gasteiger partial charge in [-0.3, -0.25) is 4.79 Å². The lowest BCUT2D eigenvalue weighted by molar-refractivity contribution is -0.139. The van der Waals surface area contributed by atoms with Crippen LogP contribution < -0.4 is 5.32 Å². The molecule has 1 aromatic heterocycles. The van der Waals surface area contributed by atoms with Gasteiger partial charge >= 0.3 is 5.97 Å². The van der Waals surface area contributed by atoms with E-state index in [0.717, 1.165) is 6.07 Å². The number of imidazole rings is 1. The zero-order valence-corrected chi connectivity index (χ0v) is 11.3. The number of carbonyl (C=O) groups is 2. The van der Waals surface area contributed by atoms with E-state index >= 15 is 0 Å². The number of benzene rings is 1. The lowest BCUT2D eigenvalue weighted by atomic mass is 10.1. The van der Waals surface area contributed by atoms with Crippen LogP contribution in [0, 0.1) is 12.7 Å². The van der Waals surface area contributed by atoms with Gasteiger partial charge in [-0.2, -0.15) is 0 Å². The Morgan fingerprint density at radius 1 is 1.43 bits per heavy atom. The molecule has 0 saturated heterocycles. The number of hydrogen-bond acceptors (Lipinski definition) is 3. The molecule has 0 spiro atoms. The van der Waals surface area contributed by atoms with E-state index < -0.39 is 23.7 Å². The molecule has 0 unspecified atom stereocenters. The van der Waals surface area contributed by atoms with E-state index in [1.165, 1.54) is 24.7 Å². The second-order valence-corrected chi connectivity index (χ2v) is 4.66. The summed E-state index contributed by atoms with van der Waals surface area (Å²) in [6.07, 6.45) is 2.97. The molecule has 0 radical (unpaired) electrons. The number of aromatic nitrogens is 2. The van der Waals surface area contributed by atoms with Crippen molar-refractivity contribution >= 4 is 11.9 Å². The number of H-pyrrole nitrogens is 1. The fourth-order valence-electron chi connectivity index (χ4n) is 1.93. The number of carboxylic acids is 1. The second-order valence-electron chi connectivity index (χ2n) is 4.66. The SMILES string of the molecule is Cc1cc(F)cc(C(=O)N[C@H](Cc2cnc[nH]2)C(=O)O)c1. The summed E-state index contributed by atoms with van der Waals surface area (Å²) < 4.78 is 13.3. The summed E-state index contributed by atoms with van der Waals surface area (Å²) >= 11 is 0. The third-order valence-corrected chi connectivity index (χ3v) is 2.89. The van der Waals surface area contributed by atoms with E-state index in [2.05, 4.69) is 15.3 Å². The van der Waals surface area contributed by atoms with Crippen molar-refractivity contribution in [1.82, 2.24) is 15.3 Å². The molecule has 2 rings (SSSR count). The first-order valence-electron chi connectivity index (χ1n) is 6.24. The largest absolute Gasteiger partial charge is 0.480 e. The zero-order valence-electron chi connectivity index (χ0n) is 11.3. The molecule has 7 heteroatoms. The van der Waals surface area contributed by atoms with Crippen molar-refractivity contribution in [3.8, 4) is 0 Å². The Hall–Kier alpha value is -2.70. The summed E-state index contributed by atoms with van der Waals surface area (Å²) in [4.78, 5) is 29.8. The number of aromatic amines is 1. The first kappa shape index (κ1) is 14.7. The Labute approximate surface area is 120 Å². The maximum Gasteiger partial charge on any atom is 0.326 e. The normalized spacial score (nSPS) is 11.9. The van der Waals surface area contributed by atoms with Crippen molar-refractivity contribution in [3.05, 3.63) is 53.4 Å². The molecule has 3 N–H and O–H groups in total. The fraction of sp³-hybridized carbons (Fsp3) is 0.214. The van der Waals surface area contributed by atoms with Crippen LogP contribution >= 0.6 is 0 Å². The number of amides is 1. The van der Waals surface area contributed by atoms with Crippen molar-refractivity contribution < 1.29 is 19.1 Å². The smallest absolute Gasteiger partial charge is 0.326 e. The van der Waals surface area contributed by atoms with Gasteiger partial charge in [0.2, 0.25) is 0 Å². The van der Waals surface area contributed by atoms with E-state index in [0.29, 0.717) is 11.3 Å². The Balaban J connectivity index is 2.12. The quantitative estimate of drug-likeness (QED) is 0.773. The van der Waals surface area contributed by atoms with Crippen LogP contribution in [-0.4, -0.2) is 33.0 Å². The van der Waals surface area contributed by atoms with Crippen LogP contribution in [0.15, 0.2) is 30.7 Å². The Morgan fingerprint density at radius 2 is 2.19 bits per heavy atom. The molecule has 0 aliphatic heterocycles. The summed E-state index contributed by atoms with van der Waals surface area (Å²) in [6.45, 7) is 1.65. The third kappa shape index (κ3) is 3.88. The minimum atomic E-state index is -1.17. The number of carboxylic acid groups (broad SMARTS) is 1. The van der Waals surface area contributed by atoms with E-state index in [-0.39, 0.29) is 12.0 Å². The Kier molecular flexibility index (Phi) is 4.32. The average molecular weight is 291 g/mol. The van der Waals surface area contributed by atoms with Crippen molar-refractivity contribution in [2.45, 2.75) is 19.4 Å². The molecule has 1 amide bonds. The standard InChI is InChI=1S/C14H14FN3O3/c1-8-2-9(4-10(15)3-8)13(19)18-12(14(20)21)5-11-6-16-7-17-11/h2-4,6-7,12H,5H2,1H3,(H,16,17)(H,18,19)(H,20,21)/t12-/m1/s1. The Bertz CT molecular complexity index is 635. The zero-order chi connectivity index (χ0) is 15.4. The molecule has 21 heavy (non-hydrogen) atoms. The first-order chi connectivity index (χ1) is 9.95. The van der Waals surface area contributed by atoms with Crippen molar-refractivity contribution in [2.24, 2.45) is 0 Å². The number of aliphatic carboxylic acids is 1. The van der Waals surface area contributed by atoms with Crippen LogP contribution in [0.25, 0.3) is 0 Å². The molecule has 1 heterocycles. The minimum absolute atomic E-state index is 0.0649. The Morgan fingerprint density at radius 3 is 2.76 bits per heavy atom. The first-order valence-corrected chi connectivity index (χ1v) is 6.24. The van der Waals surface area contributed by atoms with Gasteiger partial charge in [0.05, 0.1) is 6.33 Å². The maximum absolute atomic E-state index is 13.3. The lowest BCUT2D eigenvalue weighted by Gasteiger charge is -2.14. The molecule has 1 atom stereocenters. The van der Waals surface area contributed by atoms with Gasteiger partial charge in [0.15, 0.2) is 0 Å². The monoisotopic (exact) mass is 291 g/mol. The summed E-state index contributed by atoms with van der Waals surface area (Å²) in [7, 11) is 0. The summed E-state index contributed by atoms with van der Waals surface area (Å²) in [5.41, 5.74) is 1.25. The van der Waals surface area contributed by atoms with Crippen LogP contribution in [-0.2, 0) is 11.2 Å². The van der Waals surface area contributed by atoms with Crippen LogP contribution in [0.2, 0.25) is 0 Å². The van der Waals surface area contributed by atoms with Gasteiger partial charge in [0, 0.05) is 23.9 Å². The summed E-state index contributed by atoms with van der Waals surface area (Å²) in [5, 5.41) is 11.5. The fourth-order valence-corrected chi connectivity index (χ4v) is 1.93. The van der Waals surface area contributed by atoms with Crippen molar-refractivity contribution in [3.63, 3.8) is 0 Å². The number of aryl methyl sites for hydroxylation is 1. The molecule has 0 aliphatic rings. The predicted octanol–water partition coefficient (Wildman–Crippen LogP) is 1.28. The molecule has 6 nitrogen and oxygen atoms in total. The second kappa shape index (κ2) is 6.17. The van der Waals surface area contributed by atoms with Gasteiger partial charge in [-0.15, -0.1) is 0 Å². The van der Waals surface area contributed by atoms with Gasteiger partial charge in [0.1, 0.15) is 11.9 Å². The molecule has 1 aromatic carbocycles. The van der Waals surface area contributed by atoms with Gasteiger partial charge in [-0.05, 0) is 30.7 Å². The number of hydrogen-bond donors (Lipinski definition) is 3. The van der Waals surface area contributed by atoms with Crippen LogP contribution in [0.5, 0.6) is 0 Å². The number of carbonyl (C=O) groups excluding carboxylic acids is 1. The average Bonchev–Trinajstić information content (AvgIpc) is 2.89. The van der Waals surface area contributed by atoms with Crippen LogP contribution in [0.3, 0.4) is 0 Å². The highest BCUT2D eigenvalue weighted by Gasteiger charge is 2.22. The van der Waals surface area contributed by atoms with Crippen LogP contribution in [0.1, 0.15) is 21.6 Å². The van der Waals surface area contributed by atoms with Crippen molar-refractivity contribution in [1.29, 1.82) is 0 Å². The minimum Gasteiger partial charge on any atom is -0.480 e. The molecule has 0 bridgehead atoms. The van der Waals surface area contributed by atoms with Crippen molar-refractivity contribution in [2.75, 3.05) is 0 Å². The molecule has 2 aromatic rings. The topological polar surface area (TPSA) is 95.1 Å². The summed E-state index contributed by atoms with van der Waals surface area (Å²) in [6, 6.07) is 2.72. The molecular weight excluding hydrogens is 277 g/mol. The molecular formula is C14H14FN3O3. The van der Waals surface area contributed by atoms with E-state index in [1.54, 1.807) is 6.92 Å². The molecule has 0 fully saturated rings. The van der Waals surface area contributed by atoms with E-state index in [4.69, 9.17) is 5.11 Å². The summed E-state index contributed by atoms with van der Waals surface area (Å²) in [5.74, 6) is -2.35. The molecule has 0 saturated carbocycles. The lowest BCUT2D eigenvalue weighted by Crippen LogP contribution is -2.42. The number of rotatable bonds is 5. The maximum atomic E-state index is 13.3. The number of nitrogens with zero attached hydrogens (tertiary/aromatic N) is 1. The van der Waals surface area contributed by atoms with Gasteiger partial charge in [-0.25, -0.2) is 14.2 Å². The highest BCUT2D eigenvalue weighted by atomic mass is 19.1. The number of nitrogens with one attached hydrogen (secondary N) is 2. The van der Waals surface area contributed by atoms with Gasteiger partial charge < -0.3 is 15.4 Å². The number of halogens is 1.